The third kappa shape index (κ3) is 9.55. The zero-order valence-corrected chi connectivity index (χ0v) is 24.3. The minimum atomic E-state index is -3.58. The molecular formula is C28H41N3O6S. The molecule has 0 saturated carbocycles. The number of methoxy groups -OCH3 is 1. The molecule has 9 nitrogen and oxygen atoms in total. The van der Waals surface area contributed by atoms with E-state index in [1.165, 1.54) is 9.21 Å². The van der Waals surface area contributed by atoms with Crippen LogP contribution in [0.3, 0.4) is 0 Å². The second-order valence-corrected chi connectivity index (χ2v) is 12.1. The molecule has 0 aromatic heterocycles. The molecule has 2 amide bonds. The van der Waals surface area contributed by atoms with Crippen molar-refractivity contribution in [3.05, 3.63) is 54.1 Å². The molecule has 210 valence electrons. The molecule has 0 aliphatic carbocycles. The maximum atomic E-state index is 13.4. The van der Waals surface area contributed by atoms with E-state index in [1.54, 1.807) is 38.3 Å². The molecule has 0 aliphatic rings. The number of carbonyl (C=O) groups excluding carboxylic acids is 2. The average molecular weight is 548 g/mol. The second-order valence-electron chi connectivity index (χ2n) is 10.2. The zero-order valence-electron chi connectivity index (χ0n) is 23.5. The third-order valence-corrected chi connectivity index (χ3v) is 6.93. The minimum absolute atomic E-state index is 0.0696. The van der Waals surface area contributed by atoms with Crippen molar-refractivity contribution in [1.82, 2.24) is 10.2 Å². The number of rotatable bonds is 13. The Morgan fingerprint density at radius 1 is 1.05 bits per heavy atom. The average Bonchev–Trinajstić information content (AvgIpc) is 2.84. The zero-order chi connectivity index (χ0) is 28.5. The fourth-order valence-corrected chi connectivity index (χ4v) is 4.87. The lowest BCUT2D eigenvalue weighted by Gasteiger charge is -2.32. The Hall–Kier alpha value is -3.27. The SMILES string of the molecule is CCOc1ccc(N(CCCC(=O)N(Cc2cccc(OC)c2)[C@H](C)C(=O)NC(C)(C)C)S(C)(=O)=O)cc1. The van der Waals surface area contributed by atoms with Gasteiger partial charge >= 0.3 is 0 Å². The van der Waals surface area contributed by atoms with Crippen LogP contribution in [-0.2, 0) is 26.2 Å². The maximum absolute atomic E-state index is 13.4. The molecule has 0 fully saturated rings. The van der Waals surface area contributed by atoms with Crippen LogP contribution in [0.5, 0.6) is 11.5 Å². The van der Waals surface area contributed by atoms with E-state index in [0.29, 0.717) is 23.8 Å². The van der Waals surface area contributed by atoms with E-state index in [9.17, 15) is 18.0 Å². The molecule has 10 heteroatoms. The van der Waals surface area contributed by atoms with Gasteiger partial charge in [-0.15, -0.1) is 0 Å². The van der Waals surface area contributed by atoms with Crippen molar-refractivity contribution < 1.29 is 27.5 Å². The number of benzene rings is 2. The number of hydrogen-bond donors (Lipinski definition) is 1. The van der Waals surface area contributed by atoms with Gasteiger partial charge in [0.25, 0.3) is 0 Å². The molecule has 0 spiro atoms. The van der Waals surface area contributed by atoms with Crippen molar-refractivity contribution in [1.29, 1.82) is 0 Å². The number of sulfonamides is 1. The van der Waals surface area contributed by atoms with Gasteiger partial charge in [0, 0.05) is 25.0 Å². The molecule has 38 heavy (non-hydrogen) atoms. The summed E-state index contributed by atoms with van der Waals surface area (Å²) in [5.41, 5.74) is 0.860. The molecule has 0 aliphatic heterocycles. The van der Waals surface area contributed by atoms with Crippen LogP contribution < -0.4 is 19.1 Å². The van der Waals surface area contributed by atoms with Crippen LogP contribution in [0.1, 0.15) is 53.0 Å². The van der Waals surface area contributed by atoms with E-state index >= 15 is 0 Å². The van der Waals surface area contributed by atoms with Crippen LogP contribution in [0.2, 0.25) is 0 Å². The summed E-state index contributed by atoms with van der Waals surface area (Å²) in [4.78, 5) is 27.9. The van der Waals surface area contributed by atoms with E-state index in [4.69, 9.17) is 9.47 Å². The molecule has 1 atom stereocenters. The molecule has 0 saturated heterocycles. The topological polar surface area (TPSA) is 105 Å². The Bertz CT molecular complexity index is 1180. The van der Waals surface area contributed by atoms with Crippen molar-refractivity contribution in [2.45, 2.75) is 65.6 Å². The highest BCUT2D eigenvalue weighted by atomic mass is 32.2. The van der Waals surface area contributed by atoms with Gasteiger partial charge in [0.1, 0.15) is 17.5 Å². The van der Waals surface area contributed by atoms with Gasteiger partial charge in [0.05, 0.1) is 25.7 Å². The lowest BCUT2D eigenvalue weighted by molar-refractivity contribution is -0.141. The number of hydrogen-bond acceptors (Lipinski definition) is 6. The van der Waals surface area contributed by atoms with Crippen molar-refractivity contribution in [3.63, 3.8) is 0 Å². The van der Waals surface area contributed by atoms with Gasteiger partial charge < -0.3 is 19.7 Å². The molecule has 0 unspecified atom stereocenters. The number of nitrogens with zero attached hydrogens (tertiary/aromatic N) is 2. The molecule has 2 rings (SSSR count). The lowest BCUT2D eigenvalue weighted by Crippen LogP contribution is -2.52. The monoisotopic (exact) mass is 547 g/mol. The normalized spacial score (nSPS) is 12.4. The second kappa shape index (κ2) is 13.5. The summed E-state index contributed by atoms with van der Waals surface area (Å²) in [5, 5.41) is 2.94. The summed E-state index contributed by atoms with van der Waals surface area (Å²) >= 11 is 0. The van der Waals surface area contributed by atoms with E-state index in [1.807, 2.05) is 52.0 Å². The van der Waals surface area contributed by atoms with Gasteiger partial charge in [-0.05, 0) is 83.0 Å². The third-order valence-electron chi connectivity index (χ3n) is 5.74. The van der Waals surface area contributed by atoms with Crippen LogP contribution in [0.4, 0.5) is 5.69 Å². The molecular weight excluding hydrogens is 506 g/mol. The van der Waals surface area contributed by atoms with Gasteiger partial charge in [-0.3, -0.25) is 13.9 Å². The molecule has 0 radical (unpaired) electrons. The van der Waals surface area contributed by atoms with Gasteiger partial charge in [-0.25, -0.2) is 8.42 Å². The lowest BCUT2D eigenvalue weighted by atomic mass is 10.1. The smallest absolute Gasteiger partial charge is 0.242 e. The Balaban J connectivity index is 2.19. The van der Waals surface area contributed by atoms with E-state index in [-0.39, 0.29) is 37.7 Å². The van der Waals surface area contributed by atoms with Crippen LogP contribution in [0.25, 0.3) is 0 Å². The van der Waals surface area contributed by atoms with E-state index in [2.05, 4.69) is 5.32 Å². The fourth-order valence-electron chi connectivity index (χ4n) is 3.90. The fraction of sp³-hybridized carbons (Fsp3) is 0.500. The van der Waals surface area contributed by atoms with E-state index in [0.717, 1.165) is 11.8 Å². The predicted molar refractivity (Wildman–Crippen MR) is 150 cm³/mol. The quantitative estimate of drug-likeness (QED) is 0.407. The first-order chi connectivity index (χ1) is 17.7. The molecule has 2 aromatic rings. The molecule has 1 N–H and O–H groups in total. The minimum Gasteiger partial charge on any atom is -0.497 e. The summed E-state index contributed by atoms with van der Waals surface area (Å²) in [5.74, 6) is 0.793. The maximum Gasteiger partial charge on any atom is 0.242 e. The summed E-state index contributed by atoms with van der Waals surface area (Å²) in [6.07, 6.45) is 1.49. The molecule has 0 heterocycles. The number of amides is 2. The molecule has 0 bridgehead atoms. The Morgan fingerprint density at radius 2 is 1.71 bits per heavy atom. The van der Waals surface area contributed by atoms with Gasteiger partial charge in [0.15, 0.2) is 0 Å². The first kappa shape index (κ1) is 31.0. The number of nitrogens with one attached hydrogen (secondary N) is 1. The van der Waals surface area contributed by atoms with Gasteiger partial charge in [0.2, 0.25) is 21.8 Å². The van der Waals surface area contributed by atoms with Crippen LogP contribution >= 0.6 is 0 Å². The first-order valence-electron chi connectivity index (χ1n) is 12.7. The number of anilines is 1. The van der Waals surface area contributed by atoms with Crippen molar-refractivity contribution in [3.8, 4) is 11.5 Å². The van der Waals surface area contributed by atoms with E-state index < -0.39 is 21.6 Å². The van der Waals surface area contributed by atoms with Crippen LogP contribution in [0.15, 0.2) is 48.5 Å². The highest BCUT2D eigenvalue weighted by Crippen LogP contribution is 2.23. The summed E-state index contributed by atoms with van der Waals surface area (Å²) in [6, 6.07) is 13.4. The highest BCUT2D eigenvalue weighted by Gasteiger charge is 2.28. The number of carbonyl (C=O) groups is 2. The Labute approximate surface area is 227 Å². The first-order valence-corrected chi connectivity index (χ1v) is 14.5. The standard InChI is InChI=1S/C28H41N3O6S/c1-8-37-24-16-14-23(15-17-24)31(38(7,34)35)18-10-13-26(32)30(21(2)27(33)29-28(3,4)5)20-22-11-9-12-25(19-22)36-6/h9,11-12,14-17,19,21H,8,10,13,18,20H2,1-7H3,(H,29,33)/t21-/m1/s1. The predicted octanol–water partition coefficient (Wildman–Crippen LogP) is 3.97. The van der Waals surface area contributed by atoms with Gasteiger partial charge in [-0.1, -0.05) is 12.1 Å². The molecule has 2 aromatic carbocycles. The van der Waals surface area contributed by atoms with Crippen molar-refractivity contribution in [2.75, 3.05) is 30.8 Å². The highest BCUT2D eigenvalue weighted by molar-refractivity contribution is 7.92. The summed E-state index contributed by atoms with van der Waals surface area (Å²) in [7, 11) is -2.01. The largest absolute Gasteiger partial charge is 0.497 e. The Kier molecular flexibility index (Phi) is 11.0. The Morgan fingerprint density at radius 3 is 2.26 bits per heavy atom. The summed E-state index contributed by atoms with van der Waals surface area (Å²) in [6.45, 7) is 10.1. The van der Waals surface area contributed by atoms with Crippen molar-refractivity contribution >= 4 is 27.5 Å². The van der Waals surface area contributed by atoms with Crippen molar-refractivity contribution in [2.24, 2.45) is 0 Å². The van der Waals surface area contributed by atoms with Crippen LogP contribution in [-0.4, -0.2) is 63.2 Å². The summed E-state index contributed by atoms with van der Waals surface area (Å²) < 4.78 is 37.1. The number of ether oxygens (including phenoxy) is 2. The van der Waals surface area contributed by atoms with Gasteiger partial charge in [-0.2, -0.15) is 0 Å². The van der Waals surface area contributed by atoms with Crippen LogP contribution in [0, 0.1) is 0 Å².